The van der Waals surface area contributed by atoms with E-state index >= 15 is 0 Å². The smallest absolute Gasteiger partial charge is 0.320 e. The van der Waals surface area contributed by atoms with Gasteiger partial charge in [-0.25, -0.2) is 0 Å². The van der Waals surface area contributed by atoms with Crippen LogP contribution in [0.15, 0.2) is 0 Å². The third kappa shape index (κ3) is 8.94. The highest BCUT2D eigenvalue weighted by Gasteiger charge is 2.31. The number of ether oxygens (including phenoxy) is 2. The van der Waals surface area contributed by atoms with Crippen LogP contribution >= 0.6 is 0 Å². The Balaban J connectivity index is 4.62. The molecule has 0 spiro atoms. The lowest BCUT2D eigenvalue weighted by Crippen LogP contribution is -2.31. The maximum atomic E-state index is 12.0. The Labute approximate surface area is 123 Å². The Kier molecular flexibility index (Phi) is 7.84. The molecule has 0 aliphatic carbocycles. The molecule has 0 radical (unpaired) electrons. The highest BCUT2D eigenvalue weighted by molar-refractivity contribution is 5.95. The Morgan fingerprint density at radius 3 is 1.60 bits per heavy atom. The lowest BCUT2D eigenvalue weighted by Gasteiger charge is -2.21. The zero-order chi connectivity index (χ0) is 15.9. The summed E-state index contributed by atoms with van der Waals surface area (Å²) in [7, 11) is 0. The molecule has 4 heteroatoms. The van der Waals surface area contributed by atoms with Crippen molar-refractivity contribution in [2.45, 2.75) is 79.9 Å². The summed E-state index contributed by atoms with van der Waals surface area (Å²) in [5.74, 6) is -1.75. The maximum absolute atomic E-state index is 12.0. The van der Waals surface area contributed by atoms with Gasteiger partial charge in [0.05, 0.1) is 12.2 Å². The first-order valence-corrected chi connectivity index (χ1v) is 7.44. The third-order valence-corrected chi connectivity index (χ3v) is 2.69. The molecule has 0 saturated carbocycles. The fourth-order valence-corrected chi connectivity index (χ4v) is 1.80. The largest absolute Gasteiger partial charge is 0.462 e. The van der Waals surface area contributed by atoms with Gasteiger partial charge in [0.25, 0.3) is 0 Å². The van der Waals surface area contributed by atoms with Crippen molar-refractivity contribution in [1.29, 1.82) is 0 Å². The van der Waals surface area contributed by atoms with Crippen molar-refractivity contribution in [3.63, 3.8) is 0 Å². The van der Waals surface area contributed by atoms with Crippen LogP contribution in [0, 0.1) is 11.3 Å². The van der Waals surface area contributed by atoms with Crippen molar-refractivity contribution in [3.05, 3.63) is 0 Å². The van der Waals surface area contributed by atoms with Crippen molar-refractivity contribution in [1.82, 2.24) is 0 Å². The Morgan fingerprint density at radius 1 is 0.900 bits per heavy atom. The number of carbonyl (C=O) groups excluding carboxylic acids is 2. The summed E-state index contributed by atoms with van der Waals surface area (Å²) < 4.78 is 10.3. The molecule has 0 N–H and O–H groups in total. The van der Waals surface area contributed by atoms with Crippen LogP contribution in [0.4, 0.5) is 0 Å². The molecule has 0 aromatic rings. The first kappa shape index (κ1) is 18.9. The number of hydrogen-bond acceptors (Lipinski definition) is 4. The second kappa shape index (κ2) is 8.28. The van der Waals surface area contributed by atoms with E-state index in [4.69, 9.17) is 9.47 Å². The van der Waals surface area contributed by atoms with Crippen LogP contribution in [0.1, 0.15) is 67.7 Å². The SMILES string of the molecule is CC(C)OC(=O)C(CCCC(C)(C)C)C(=O)OC(C)C. The minimum atomic E-state index is -0.804. The lowest BCUT2D eigenvalue weighted by atomic mass is 9.88. The molecule has 0 aromatic carbocycles. The molecule has 4 nitrogen and oxygen atoms in total. The molecule has 0 aliphatic rings. The van der Waals surface area contributed by atoms with E-state index in [2.05, 4.69) is 20.8 Å². The molecule has 20 heavy (non-hydrogen) atoms. The minimum Gasteiger partial charge on any atom is -0.462 e. The summed E-state index contributed by atoms with van der Waals surface area (Å²) in [6.45, 7) is 13.5. The number of hydrogen-bond donors (Lipinski definition) is 0. The molecule has 0 atom stereocenters. The van der Waals surface area contributed by atoms with Crippen molar-refractivity contribution in [2.24, 2.45) is 11.3 Å². The van der Waals surface area contributed by atoms with E-state index in [1.54, 1.807) is 27.7 Å². The van der Waals surface area contributed by atoms with Crippen LogP contribution in [0.25, 0.3) is 0 Å². The zero-order valence-electron chi connectivity index (χ0n) is 14.0. The van der Waals surface area contributed by atoms with Gasteiger partial charge in [-0.1, -0.05) is 27.2 Å². The fraction of sp³-hybridized carbons (Fsp3) is 0.875. The Bertz CT molecular complexity index is 291. The van der Waals surface area contributed by atoms with E-state index in [1.165, 1.54) is 0 Å². The third-order valence-electron chi connectivity index (χ3n) is 2.69. The summed E-state index contributed by atoms with van der Waals surface area (Å²) in [6.07, 6.45) is 1.79. The summed E-state index contributed by atoms with van der Waals surface area (Å²) >= 11 is 0. The first-order chi connectivity index (χ1) is 9.03. The predicted octanol–water partition coefficient (Wildman–Crippen LogP) is 3.72. The predicted molar refractivity (Wildman–Crippen MR) is 79.3 cm³/mol. The van der Waals surface area contributed by atoms with Gasteiger partial charge in [-0.15, -0.1) is 0 Å². The second-order valence-corrected chi connectivity index (χ2v) is 6.98. The van der Waals surface area contributed by atoms with Crippen LogP contribution in [0.2, 0.25) is 0 Å². The first-order valence-electron chi connectivity index (χ1n) is 7.44. The molecular weight excluding hydrogens is 256 g/mol. The molecule has 0 aromatic heterocycles. The average molecular weight is 286 g/mol. The van der Waals surface area contributed by atoms with Crippen molar-refractivity contribution >= 4 is 11.9 Å². The average Bonchev–Trinajstić information content (AvgIpc) is 2.20. The molecule has 0 bridgehead atoms. The molecule has 0 rings (SSSR count). The van der Waals surface area contributed by atoms with E-state index in [-0.39, 0.29) is 17.6 Å². The number of esters is 2. The van der Waals surface area contributed by atoms with Crippen LogP contribution < -0.4 is 0 Å². The molecule has 0 unspecified atom stereocenters. The van der Waals surface area contributed by atoms with Gasteiger partial charge < -0.3 is 9.47 Å². The van der Waals surface area contributed by atoms with Crippen molar-refractivity contribution < 1.29 is 19.1 Å². The summed E-state index contributed by atoms with van der Waals surface area (Å²) in [5, 5.41) is 0. The van der Waals surface area contributed by atoms with Gasteiger partial charge in [0, 0.05) is 0 Å². The maximum Gasteiger partial charge on any atom is 0.320 e. The van der Waals surface area contributed by atoms with Crippen LogP contribution in [0.5, 0.6) is 0 Å². The molecule has 118 valence electrons. The van der Waals surface area contributed by atoms with Gasteiger partial charge >= 0.3 is 11.9 Å². The Morgan fingerprint density at radius 2 is 1.30 bits per heavy atom. The topological polar surface area (TPSA) is 52.6 Å². The Hall–Kier alpha value is -1.06. The van der Waals surface area contributed by atoms with Gasteiger partial charge in [-0.05, 0) is 46.0 Å². The van der Waals surface area contributed by atoms with Gasteiger partial charge in [0.2, 0.25) is 0 Å². The van der Waals surface area contributed by atoms with Crippen LogP contribution in [0.3, 0.4) is 0 Å². The zero-order valence-corrected chi connectivity index (χ0v) is 14.0. The lowest BCUT2D eigenvalue weighted by molar-refractivity contribution is -0.166. The molecule has 0 amide bonds. The number of carbonyl (C=O) groups is 2. The van der Waals surface area contributed by atoms with E-state index in [1.807, 2.05) is 0 Å². The minimum absolute atomic E-state index is 0.189. The summed E-state index contributed by atoms with van der Waals surface area (Å²) in [5.41, 5.74) is 0.189. The normalized spacial score (nSPS) is 12.1. The molecule has 0 heterocycles. The standard InChI is InChI=1S/C16H30O4/c1-11(2)19-14(17)13(15(18)20-12(3)4)9-8-10-16(5,6)7/h11-13H,8-10H2,1-7H3. The highest BCUT2D eigenvalue weighted by atomic mass is 16.6. The quantitative estimate of drug-likeness (QED) is 0.528. The van der Waals surface area contributed by atoms with E-state index in [9.17, 15) is 9.59 Å². The van der Waals surface area contributed by atoms with Gasteiger partial charge in [0.1, 0.15) is 0 Å². The van der Waals surface area contributed by atoms with Crippen LogP contribution in [-0.2, 0) is 19.1 Å². The van der Waals surface area contributed by atoms with Crippen LogP contribution in [-0.4, -0.2) is 24.1 Å². The molecule has 0 fully saturated rings. The van der Waals surface area contributed by atoms with Crippen molar-refractivity contribution in [2.75, 3.05) is 0 Å². The van der Waals surface area contributed by atoms with Gasteiger partial charge in [-0.3, -0.25) is 9.59 Å². The summed E-state index contributed by atoms with van der Waals surface area (Å²) in [4.78, 5) is 24.0. The van der Waals surface area contributed by atoms with E-state index in [0.717, 1.165) is 12.8 Å². The number of rotatable bonds is 7. The highest BCUT2D eigenvalue weighted by Crippen LogP contribution is 2.24. The van der Waals surface area contributed by atoms with Gasteiger partial charge in [-0.2, -0.15) is 0 Å². The van der Waals surface area contributed by atoms with Gasteiger partial charge in [0.15, 0.2) is 5.92 Å². The monoisotopic (exact) mass is 286 g/mol. The van der Waals surface area contributed by atoms with E-state index in [0.29, 0.717) is 6.42 Å². The molecular formula is C16H30O4. The van der Waals surface area contributed by atoms with E-state index < -0.39 is 17.9 Å². The fourth-order valence-electron chi connectivity index (χ4n) is 1.80. The summed E-state index contributed by atoms with van der Waals surface area (Å²) in [6, 6.07) is 0. The molecule has 0 saturated heterocycles. The molecule has 0 aliphatic heterocycles. The second-order valence-electron chi connectivity index (χ2n) is 6.98. The van der Waals surface area contributed by atoms with Crippen molar-refractivity contribution in [3.8, 4) is 0 Å².